The molecule has 3 aliphatic rings. The van der Waals surface area contributed by atoms with Gasteiger partial charge in [-0.2, -0.15) is 4.57 Å². The first-order valence-electron chi connectivity index (χ1n) is 20.2. The van der Waals surface area contributed by atoms with E-state index in [1.807, 2.05) is 36.4 Å². The van der Waals surface area contributed by atoms with Gasteiger partial charge in [0.2, 0.25) is 0 Å². The van der Waals surface area contributed by atoms with E-state index in [0.717, 1.165) is 32.8 Å². The molecule has 6 N–H and O–H groups in total. The quantitative estimate of drug-likeness (QED) is 0.0596. The summed E-state index contributed by atoms with van der Waals surface area (Å²) in [5.74, 6) is -0.827. The molecule has 0 unspecified atom stereocenters. The van der Waals surface area contributed by atoms with E-state index in [9.17, 15) is 14.4 Å². The summed E-state index contributed by atoms with van der Waals surface area (Å²) in [5.41, 5.74) is 8.29. The number of pyridine rings is 3. The van der Waals surface area contributed by atoms with Crippen molar-refractivity contribution in [3.8, 4) is 17.2 Å². The maximum Gasteiger partial charge on any atom is 0.647 e. The number of phosphoric ester groups is 1. The van der Waals surface area contributed by atoms with E-state index in [-0.39, 0.29) is 35.0 Å². The molecule has 0 spiro atoms. The average Bonchev–Trinajstić information content (AvgIpc) is 4.17. The number of carbonyl (C=O) groups excluding carboxylic acids is 3. The summed E-state index contributed by atoms with van der Waals surface area (Å²) >= 11 is 0. The van der Waals surface area contributed by atoms with Crippen molar-refractivity contribution in [1.29, 1.82) is 0 Å². The summed E-state index contributed by atoms with van der Waals surface area (Å²) in [6.45, 7) is 0. The SMILES string of the molecule is O=C1Nc2ccc(OP(=O)(Oc3ccc4c(c3)/C(=C\c3c[nH]c5ncccc35)C(=O)N4)Oc3ccc4c(c3)/C(=C\c3c[nH]c5ncccc35)C(=O)N4)cc2/C1=C\c1c[nH]c2ncccc12. The van der Waals surface area contributed by atoms with Gasteiger partial charge in [-0.25, -0.2) is 15.0 Å². The third-order valence-corrected chi connectivity index (χ3v) is 12.6. The van der Waals surface area contributed by atoms with E-state index in [0.29, 0.717) is 67.4 Å². The van der Waals surface area contributed by atoms with Crippen LogP contribution in [0.5, 0.6) is 17.2 Å². The van der Waals surface area contributed by atoms with Crippen LogP contribution in [0.4, 0.5) is 17.1 Å². The van der Waals surface area contributed by atoms with Crippen LogP contribution in [0, 0.1) is 0 Å². The first-order chi connectivity index (χ1) is 31.7. The third kappa shape index (κ3) is 6.60. The topological polar surface area (TPSA) is 218 Å². The minimum Gasteiger partial charge on any atom is -0.386 e. The van der Waals surface area contributed by atoms with Crippen LogP contribution in [-0.2, 0) is 18.9 Å². The van der Waals surface area contributed by atoms with Crippen molar-refractivity contribution in [2.45, 2.75) is 0 Å². The highest BCUT2D eigenvalue weighted by atomic mass is 31.2. The number of H-pyrrole nitrogens is 3. The Labute approximate surface area is 366 Å². The minimum atomic E-state index is -4.75. The normalized spacial score (nSPS) is 16.0. The van der Waals surface area contributed by atoms with Gasteiger partial charge in [0, 0.05) is 121 Å². The Bertz CT molecular complexity index is 3310. The Kier molecular flexibility index (Phi) is 8.44. The Hall–Kier alpha value is -9.01. The number of nitrogens with one attached hydrogen (secondary N) is 6. The molecule has 0 saturated carbocycles. The van der Waals surface area contributed by atoms with Gasteiger partial charge >= 0.3 is 7.82 Å². The summed E-state index contributed by atoms with van der Waals surface area (Å²) in [7, 11) is -4.75. The van der Waals surface area contributed by atoms with E-state index < -0.39 is 7.82 Å². The molecular weight excluding hydrogens is 846 g/mol. The average molecular weight is 876 g/mol. The van der Waals surface area contributed by atoms with Crippen molar-refractivity contribution in [2.75, 3.05) is 16.0 Å². The number of aromatic amines is 3. The molecule has 17 heteroatoms. The number of hydrogen-bond acceptors (Lipinski definition) is 10. The van der Waals surface area contributed by atoms with Gasteiger partial charge in [0.1, 0.15) is 34.2 Å². The second-order valence-electron chi connectivity index (χ2n) is 15.3. The lowest BCUT2D eigenvalue weighted by Crippen LogP contribution is -2.08. The molecule has 0 fully saturated rings. The summed E-state index contributed by atoms with van der Waals surface area (Å²) < 4.78 is 34.0. The molecule has 9 aromatic rings. The highest BCUT2D eigenvalue weighted by Crippen LogP contribution is 2.53. The Morgan fingerprint density at radius 3 is 1.09 bits per heavy atom. The number of benzene rings is 3. The predicted molar refractivity (Wildman–Crippen MR) is 247 cm³/mol. The summed E-state index contributed by atoms with van der Waals surface area (Å²) in [5, 5.41) is 11.1. The highest BCUT2D eigenvalue weighted by molar-refractivity contribution is 7.49. The molecule has 12 rings (SSSR count). The van der Waals surface area contributed by atoms with Gasteiger partial charge in [-0.05, 0) is 109 Å². The van der Waals surface area contributed by atoms with Crippen molar-refractivity contribution >= 4 is 111 Å². The Morgan fingerprint density at radius 1 is 0.446 bits per heavy atom. The predicted octanol–water partition coefficient (Wildman–Crippen LogP) is 9.44. The molecule has 3 aromatic carbocycles. The van der Waals surface area contributed by atoms with Gasteiger partial charge in [-0.15, -0.1) is 0 Å². The summed E-state index contributed by atoms with van der Waals surface area (Å²) in [6, 6.07) is 25.4. The van der Waals surface area contributed by atoms with Gasteiger partial charge in [0.05, 0.1) is 0 Å². The van der Waals surface area contributed by atoms with Crippen LogP contribution in [0.25, 0.3) is 68.0 Å². The second-order valence-corrected chi connectivity index (χ2v) is 16.8. The number of fused-ring (bicyclic) bond motifs is 6. The fourth-order valence-electron chi connectivity index (χ4n) is 8.30. The van der Waals surface area contributed by atoms with E-state index in [2.05, 4.69) is 45.9 Å². The summed E-state index contributed by atoms with van der Waals surface area (Å²) in [6.07, 6.45) is 15.6. The lowest BCUT2D eigenvalue weighted by atomic mass is 10.0. The van der Waals surface area contributed by atoms with Crippen molar-refractivity contribution in [3.05, 3.63) is 162 Å². The van der Waals surface area contributed by atoms with Crippen LogP contribution in [0.15, 0.2) is 128 Å². The van der Waals surface area contributed by atoms with Crippen molar-refractivity contribution in [3.63, 3.8) is 0 Å². The molecule has 6 aromatic heterocycles. The number of carbonyl (C=O) groups is 3. The highest BCUT2D eigenvalue weighted by Gasteiger charge is 2.37. The fourth-order valence-corrected chi connectivity index (χ4v) is 9.53. The molecule has 314 valence electrons. The molecule has 65 heavy (non-hydrogen) atoms. The zero-order valence-electron chi connectivity index (χ0n) is 33.5. The van der Waals surface area contributed by atoms with Crippen molar-refractivity contribution < 1.29 is 32.5 Å². The smallest absolute Gasteiger partial charge is 0.386 e. The molecule has 0 aliphatic carbocycles. The molecule has 0 bridgehead atoms. The zero-order valence-corrected chi connectivity index (χ0v) is 34.4. The van der Waals surface area contributed by atoms with Crippen LogP contribution in [-0.4, -0.2) is 47.6 Å². The number of phosphoric acid groups is 1. The van der Waals surface area contributed by atoms with Gasteiger partial charge in [0.15, 0.2) is 0 Å². The van der Waals surface area contributed by atoms with Crippen LogP contribution < -0.4 is 29.5 Å². The minimum absolute atomic E-state index is 0.0631. The lowest BCUT2D eigenvalue weighted by Gasteiger charge is -2.20. The molecule has 0 saturated heterocycles. The fraction of sp³-hybridized carbons (Fsp3) is 0. The first-order valence-corrected chi connectivity index (χ1v) is 21.7. The number of anilines is 3. The van der Waals surface area contributed by atoms with E-state index in [1.165, 1.54) is 0 Å². The number of rotatable bonds is 9. The molecule has 16 nitrogen and oxygen atoms in total. The van der Waals surface area contributed by atoms with E-state index >= 15 is 4.57 Å². The number of hydrogen-bond donors (Lipinski definition) is 6. The monoisotopic (exact) mass is 875 g/mol. The molecule has 0 atom stereocenters. The lowest BCUT2D eigenvalue weighted by molar-refractivity contribution is -0.111. The van der Waals surface area contributed by atoms with Gasteiger partial charge in [-0.3, -0.25) is 14.4 Å². The van der Waals surface area contributed by atoms with Crippen LogP contribution in [0.1, 0.15) is 33.4 Å². The van der Waals surface area contributed by atoms with Gasteiger partial charge < -0.3 is 44.5 Å². The van der Waals surface area contributed by atoms with Crippen molar-refractivity contribution in [1.82, 2.24) is 29.9 Å². The Balaban J connectivity index is 0.922. The zero-order chi connectivity index (χ0) is 43.8. The maximum atomic E-state index is 15.3. The van der Waals surface area contributed by atoms with Crippen LogP contribution in [0.2, 0.25) is 0 Å². The largest absolute Gasteiger partial charge is 0.647 e. The first kappa shape index (κ1) is 37.7. The maximum absolute atomic E-state index is 15.3. The number of nitrogens with zero attached hydrogens (tertiary/aromatic N) is 3. The standard InChI is InChI=1S/C48H30N9O7P/c58-46-37(16-25-22-52-43-31(25)4-1-13-49-43)34-19-28(7-10-40(34)55-46)62-65(61,63-29-8-11-41-35(20-29)38(47(59)56-41)17-26-23-53-44-32(26)5-2-14-50-44)64-30-9-12-42-36(21-30)39(48(60)57-42)18-27-24-54-45-33(27)6-3-15-51-45/h1-24H,(H,49,52)(H,50,53)(H,51,54)(H,55,58)(H,56,59)(H,57,60)/b37-16+,38-17+,39-18+. The third-order valence-electron chi connectivity index (χ3n) is 11.3. The second kappa shape index (κ2) is 14.5. The molecule has 3 aliphatic heterocycles. The molecule has 9 heterocycles. The number of aromatic nitrogens is 6. The number of amides is 3. The molecule has 3 amide bonds. The van der Waals surface area contributed by atoms with Gasteiger partial charge in [0.25, 0.3) is 17.7 Å². The Morgan fingerprint density at radius 2 is 0.769 bits per heavy atom. The van der Waals surface area contributed by atoms with Crippen LogP contribution in [0.3, 0.4) is 0 Å². The summed E-state index contributed by atoms with van der Waals surface area (Å²) in [4.78, 5) is 62.5. The molecular formula is C48H30N9O7P. The van der Waals surface area contributed by atoms with Gasteiger partial charge in [-0.1, -0.05) is 0 Å². The van der Waals surface area contributed by atoms with E-state index in [4.69, 9.17) is 13.6 Å². The van der Waals surface area contributed by atoms with E-state index in [1.54, 1.807) is 110 Å². The van der Waals surface area contributed by atoms with Crippen molar-refractivity contribution in [2.24, 2.45) is 0 Å². The van der Waals surface area contributed by atoms with Crippen LogP contribution >= 0.6 is 7.82 Å². The molecule has 0 radical (unpaired) electrons.